The third kappa shape index (κ3) is 11.1. The summed E-state index contributed by atoms with van der Waals surface area (Å²) in [6.45, 7) is 5.26. The fraction of sp³-hybridized carbons (Fsp3) is 0.367. The molecule has 4 aromatic carbocycles. The molecule has 8 aromatic rings. The second-order valence-electron chi connectivity index (χ2n) is 22.1. The minimum atomic E-state index is -5.02. The van der Waals surface area contributed by atoms with E-state index < -0.39 is 59.6 Å². The number of nitrogens with two attached hydrogens (primary N) is 1. The monoisotopic (exact) mass is 1200 g/mol. The topological polar surface area (TPSA) is 232 Å². The SMILES string of the molecule is CC(C)C(C(=O)N1CCCC1C(=O)NC(CO)c1ccc(-c2c(F)cncc2P)cc1)n1cc(-c2ccc(COc3c(-c4ccc(F)c5sc(N)c(C#N)c45)c(C(F)(F)F)cc4c(N5CC6CC5CN6)nc(OC5CCOCC5)nc34)cc2)nn1. The van der Waals surface area contributed by atoms with E-state index in [4.69, 9.17) is 29.9 Å². The largest absolute Gasteiger partial charge is 0.486 e. The predicted molar refractivity (Wildman–Crippen MR) is 312 cm³/mol. The Labute approximate surface area is 490 Å². The van der Waals surface area contributed by atoms with E-state index in [-0.39, 0.29) is 91.3 Å². The molecule has 440 valence electrons. The average Bonchev–Trinajstić information content (AvgIpc) is 3.66. The number of anilines is 2. The molecule has 12 rings (SSSR count). The van der Waals surface area contributed by atoms with E-state index in [2.05, 4.69) is 35.2 Å². The summed E-state index contributed by atoms with van der Waals surface area (Å²) >= 11 is 0.763. The summed E-state index contributed by atoms with van der Waals surface area (Å²) in [5, 5.41) is 36.4. The summed E-state index contributed by atoms with van der Waals surface area (Å²) in [5.41, 5.74) is 7.43. The summed E-state index contributed by atoms with van der Waals surface area (Å²) < 4.78 is 98.3. The molecular weight excluding hydrogens is 1140 g/mol. The van der Waals surface area contributed by atoms with Gasteiger partial charge in [-0.05, 0) is 64.9 Å². The third-order valence-electron chi connectivity index (χ3n) is 16.4. The van der Waals surface area contributed by atoms with Gasteiger partial charge >= 0.3 is 12.2 Å². The number of aromatic nitrogens is 6. The number of pyridine rings is 1. The van der Waals surface area contributed by atoms with Crippen molar-refractivity contribution in [1.82, 2.24) is 45.5 Å². The van der Waals surface area contributed by atoms with Gasteiger partial charge in [0.05, 0.1) is 54.1 Å². The Balaban J connectivity index is 0.836. The summed E-state index contributed by atoms with van der Waals surface area (Å²) in [7, 11) is 2.47. The lowest BCUT2D eigenvalue weighted by Crippen LogP contribution is -2.50. The smallest absolute Gasteiger partial charge is 0.417 e. The van der Waals surface area contributed by atoms with Crippen molar-refractivity contribution in [3.63, 3.8) is 0 Å². The lowest BCUT2D eigenvalue weighted by atomic mass is 9.92. The number of hydrogen-bond donors (Lipinski definition) is 4. The molecule has 5 N–H and O–H groups in total. The number of rotatable bonds is 16. The number of aliphatic hydroxyl groups excluding tert-OH is 1. The molecule has 4 fully saturated rings. The number of hydrogen-bond acceptors (Lipinski definition) is 16. The standard InChI is InChI=1S/C60H58F5N12O6PS/c1-30(2)52(58(80)75-17-3-4-46(75)57(79)70-45(28-78)33-9-11-34(12-10-33)48-43(62)24-68-25-47(48)84)77-27-44(73-74-77)32-7-5-31(6-8-32)29-82-53-50(38-13-14-42(61)54-49(38)40(22-66)55(67)85-54)41(60(63,64)65)21-39-51(53)71-59(83-37-15-18-81-19-16-37)72-56(39)76-26-35-20-36(76)23-69-35/h5-14,21,24-25,27,30,35-37,45-46,52,69,78H,3-4,15-20,23,26,28-29,67,84H2,1-2H3,(H,70,79). The van der Waals surface area contributed by atoms with Crippen LogP contribution >= 0.6 is 20.6 Å². The van der Waals surface area contributed by atoms with Gasteiger partial charge in [0.1, 0.15) is 64.5 Å². The first-order valence-corrected chi connectivity index (χ1v) is 29.3. The first-order valence-electron chi connectivity index (χ1n) is 27.9. The molecule has 6 atom stereocenters. The number of benzene rings is 4. The number of thiophene rings is 1. The molecule has 8 heterocycles. The van der Waals surface area contributed by atoms with Gasteiger partial charge in [0.2, 0.25) is 11.8 Å². The van der Waals surface area contributed by atoms with Crippen LogP contribution in [0.25, 0.3) is 54.5 Å². The second kappa shape index (κ2) is 23.5. The van der Waals surface area contributed by atoms with E-state index in [1.165, 1.54) is 21.8 Å². The van der Waals surface area contributed by atoms with E-state index in [1.54, 1.807) is 54.7 Å². The van der Waals surface area contributed by atoms with E-state index in [1.807, 2.05) is 24.8 Å². The molecule has 25 heteroatoms. The Bertz CT molecular complexity index is 3890. The van der Waals surface area contributed by atoms with Gasteiger partial charge in [-0.2, -0.15) is 28.4 Å². The van der Waals surface area contributed by atoms with Gasteiger partial charge in [0.15, 0.2) is 5.75 Å². The van der Waals surface area contributed by atoms with Gasteiger partial charge in [0.25, 0.3) is 0 Å². The van der Waals surface area contributed by atoms with Crippen molar-refractivity contribution in [3.05, 3.63) is 119 Å². The molecule has 85 heavy (non-hydrogen) atoms. The quantitative estimate of drug-likeness (QED) is 0.0523. The number of likely N-dealkylation sites (tertiary alicyclic amines) is 1. The van der Waals surface area contributed by atoms with Crippen molar-refractivity contribution in [2.45, 2.75) is 95.0 Å². The van der Waals surface area contributed by atoms with E-state index in [0.29, 0.717) is 97.3 Å². The van der Waals surface area contributed by atoms with Gasteiger partial charge in [-0.1, -0.05) is 73.7 Å². The van der Waals surface area contributed by atoms with Crippen molar-refractivity contribution >= 4 is 69.5 Å². The molecule has 0 saturated carbocycles. The number of carbonyl (C=O) groups excluding carboxylic acids is 2. The Morgan fingerprint density at radius 2 is 1.78 bits per heavy atom. The van der Waals surface area contributed by atoms with Crippen molar-refractivity contribution in [1.29, 1.82) is 5.26 Å². The third-order valence-corrected chi connectivity index (χ3v) is 17.8. The predicted octanol–water partition coefficient (Wildman–Crippen LogP) is 8.81. The molecule has 0 radical (unpaired) electrons. The number of piperazine rings is 1. The number of ether oxygens (including phenoxy) is 3. The second-order valence-corrected chi connectivity index (χ2v) is 23.8. The van der Waals surface area contributed by atoms with Crippen LogP contribution in [0.5, 0.6) is 11.8 Å². The summed E-state index contributed by atoms with van der Waals surface area (Å²) in [6.07, 6.45) is 1.72. The Kier molecular flexibility index (Phi) is 15.9. The van der Waals surface area contributed by atoms with Crippen LogP contribution in [0.15, 0.2) is 85.3 Å². The summed E-state index contributed by atoms with van der Waals surface area (Å²) in [6, 6.07) is 16.4. The van der Waals surface area contributed by atoms with Crippen molar-refractivity contribution < 1.29 is 50.9 Å². The van der Waals surface area contributed by atoms with Crippen LogP contribution < -0.4 is 36.0 Å². The zero-order valence-corrected chi connectivity index (χ0v) is 48.0. The van der Waals surface area contributed by atoms with Gasteiger partial charge < -0.3 is 45.5 Å². The number of nitriles is 1. The zero-order valence-electron chi connectivity index (χ0n) is 46.1. The number of aliphatic hydroxyl groups is 1. The molecule has 4 aliphatic rings. The van der Waals surface area contributed by atoms with Crippen LogP contribution in [0.3, 0.4) is 0 Å². The fourth-order valence-corrected chi connectivity index (χ4v) is 13.5. The van der Waals surface area contributed by atoms with Crippen LogP contribution in [-0.2, 0) is 27.1 Å². The zero-order chi connectivity index (χ0) is 59.4. The maximum atomic E-state index is 16.0. The highest BCUT2D eigenvalue weighted by Gasteiger charge is 2.44. The summed E-state index contributed by atoms with van der Waals surface area (Å²) in [5.74, 6) is -2.38. The maximum Gasteiger partial charge on any atom is 0.417 e. The number of nitrogens with zero attached hydrogens (tertiary/aromatic N) is 9. The van der Waals surface area contributed by atoms with Gasteiger partial charge in [0, 0.05) is 78.2 Å². The normalized spacial score (nSPS) is 18.8. The molecule has 4 saturated heterocycles. The Morgan fingerprint density at radius 1 is 1.01 bits per heavy atom. The first kappa shape index (κ1) is 57.5. The molecule has 4 aliphatic heterocycles. The van der Waals surface area contributed by atoms with Crippen LogP contribution in [0.1, 0.15) is 80.3 Å². The van der Waals surface area contributed by atoms with Crippen molar-refractivity contribution in [2.24, 2.45) is 5.92 Å². The van der Waals surface area contributed by atoms with Crippen molar-refractivity contribution in [2.75, 3.05) is 50.1 Å². The highest BCUT2D eigenvalue weighted by Crippen LogP contribution is 2.52. The van der Waals surface area contributed by atoms with Gasteiger partial charge in [-0.15, -0.1) is 25.7 Å². The number of halogens is 5. The molecular formula is C60H58F5N12O6PS. The van der Waals surface area contributed by atoms with Gasteiger partial charge in [-0.3, -0.25) is 14.6 Å². The summed E-state index contributed by atoms with van der Waals surface area (Å²) in [4.78, 5) is 45.7. The highest BCUT2D eigenvalue weighted by atomic mass is 32.1. The van der Waals surface area contributed by atoms with Crippen molar-refractivity contribution in [3.8, 4) is 51.3 Å². The van der Waals surface area contributed by atoms with Gasteiger partial charge in [-0.25, -0.2) is 13.5 Å². The number of carbonyl (C=O) groups is 2. The lowest BCUT2D eigenvalue weighted by molar-refractivity contribution is -0.142. The number of fused-ring (bicyclic) bond motifs is 4. The maximum absolute atomic E-state index is 16.0. The van der Waals surface area contributed by atoms with Crippen LogP contribution in [0.2, 0.25) is 0 Å². The minimum Gasteiger partial charge on any atom is -0.486 e. The number of alkyl halides is 3. The number of nitrogen functional groups attached to an aromatic ring is 1. The van der Waals surface area contributed by atoms with Crippen LogP contribution in [0.4, 0.5) is 32.8 Å². The van der Waals surface area contributed by atoms with Crippen LogP contribution in [-0.4, -0.2) is 115 Å². The number of amides is 2. The Hall–Kier alpha value is -7.94. The molecule has 2 amide bonds. The van der Waals surface area contributed by atoms with Crippen LogP contribution in [0, 0.1) is 28.9 Å². The van der Waals surface area contributed by atoms with E-state index in [0.717, 1.165) is 36.1 Å². The highest BCUT2D eigenvalue weighted by molar-refractivity contribution is 7.28. The molecule has 4 aromatic heterocycles. The van der Waals surface area contributed by atoms with E-state index in [9.17, 15) is 24.3 Å². The fourth-order valence-electron chi connectivity index (χ4n) is 12.2. The molecule has 0 aliphatic carbocycles. The molecule has 0 spiro atoms. The lowest BCUT2D eigenvalue weighted by Gasteiger charge is -2.31. The van der Waals surface area contributed by atoms with E-state index >= 15 is 17.6 Å². The molecule has 2 bridgehead atoms. The minimum absolute atomic E-state index is 0.0141. The first-order chi connectivity index (χ1) is 41.0. The molecule has 6 unspecified atom stereocenters. The Morgan fingerprint density at radius 3 is 2.46 bits per heavy atom. The molecule has 18 nitrogen and oxygen atoms in total. The average molecular weight is 1200 g/mol. The number of nitrogens with one attached hydrogen (secondary N) is 2.